The summed E-state index contributed by atoms with van der Waals surface area (Å²) in [4.78, 5) is 10.2. The van der Waals surface area contributed by atoms with E-state index in [1.807, 2.05) is 0 Å². The monoisotopic (exact) mass is 366 g/mol. The molecule has 0 fully saturated rings. The molecule has 0 aliphatic carbocycles. The third-order valence-electron chi connectivity index (χ3n) is 1.32. The van der Waals surface area contributed by atoms with E-state index < -0.39 is 12.0 Å². The van der Waals surface area contributed by atoms with Crippen molar-refractivity contribution in [1.82, 2.24) is 5.32 Å². The Morgan fingerprint density at radius 2 is 2.15 bits per heavy atom. The number of nitrogens with two attached hydrogens (primary N) is 2. The zero-order valence-electron chi connectivity index (χ0n) is 7.06. The number of aliphatic carboxylic acids is 1. The van der Waals surface area contributed by atoms with Gasteiger partial charge in [0.15, 0.2) is 5.96 Å². The molecule has 0 aromatic carbocycles. The maximum Gasteiger partial charge on any atom is 0.320 e. The van der Waals surface area contributed by atoms with Crippen molar-refractivity contribution in [3.05, 3.63) is 0 Å². The van der Waals surface area contributed by atoms with Crippen molar-refractivity contribution in [3.8, 4) is 0 Å². The first-order valence-corrected chi connectivity index (χ1v) is 3.60. The topological polar surface area (TPSA) is 125 Å². The number of carbonyl (C=O) groups is 1. The molecule has 0 heterocycles. The fraction of sp³-hybridized carbons (Fsp3) is 0.667. The summed E-state index contributed by atoms with van der Waals surface area (Å²) in [7, 11) is 0. The predicted molar refractivity (Wildman–Crippen MR) is 44.8 cm³/mol. The summed E-state index contributed by atoms with van der Waals surface area (Å²) in [5.41, 5.74) is 10.2. The Labute approximate surface area is 89.6 Å². The van der Waals surface area contributed by atoms with Crippen LogP contribution in [0.1, 0.15) is 12.8 Å². The molecule has 0 saturated carbocycles. The van der Waals surface area contributed by atoms with Gasteiger partial charge in [0.2, 0.25) is 0 Å². The van der Waals surface area contributed by atoms with Crippen LogP contribution in [-0.2, 0) is 24.6 Å². The minimum atomic E-state index is -1.00. The average Bonchev–Trinajstić information content (AvgIpc) is 1.97. The summed E-state index contributed by atoms with van der Waals surface area (Å²) in [5.74, 6) is -1.11. The van der Waals surface area contributed by atoms with Crippen LogP contribution in [0.25, 0.3) is 0 Å². The van der Waals surface area contributed by atoms with Gasteiger partial charge in [-0.3, -0.25) is 10.2 Å². The van der Waals surface area contributed by atoms with Gasteiger partial charge in [-0.05, 0) is 12.8 Å². The van der Waals surface area contributed by atoms with Gasteiger partial charge in [0.05, 0.1) is 0 Å². The van der Waals surface area contributed by atoms with Gasteiger partial charge in [0.25, 0.3) is 0 Å². The first kappa shape index (κ1) is 14.8. The van der Waals surface area contributed by atoms with Crippen molar-refractivity contribution in [2.75, 3.05) is 6.54 Å². The second kappa shape index (κ2) is 7.96. The SMILES string of the molecule is N=C(N)NCCC[C@H](N)C(=O)O.[Os]. The zero-order valence-corrected chi connectivity index (χ0v) is 9.60. The van der Waals surface area contributed by atoms with Crippen molar-refractivity contribution in [3.63, 3.8) is 0 Å². The van der Waals surface area contributed by atoms with Gasteiger partial charge in [-0.15, -0.1) is 0 Å². The van der Waals surface area contributed by atoms with E-state index in [1.54, 1.807) is 0 Å². The van der Waals surface area contributed by atoms with E-state index in [9.17, 15) is 4.79 Å². The molecule has 13 heavy (non-hydrogen) atoms. The van der Waals surface area contributed by atoms with Crippen LogP contribution in [0.2, 0.25) is 0 Å². The first-order chi connectivity index (χ1) is 5.54. The molecule has 0 aromatic rings. The van der Waals surface area contributed by atoms with E-state index in [-0.39, 0.29) is 25.7 Å². The van der Waals surface area contributed by atoms with Crippen LogP contribution in [0.15, 0.2) is 0 Å². The van der Waals surface area contributed by atoms with E-state index in [0.717, 1.165) is 0 Å². The molecular formula is C6H14N4O2Os. The molecule has 0 unspecified atom stereocenters. The van der Waals surface area contributed by atoms with E-state index in [1.165, 1.54) is 0 Å². The molecule has 0 radical (unpaired) electrons. The number of guanidine groups is 1. The number of carboxylic acids is 1. The smallest absolute Gasteiger partial charge is 0.320 e. The first-order valence-electron chi connectivity index (χ1n) is 3.60. The molecule has 0 bridgehead atoms. The molecule has 0 aliphatic heterocycles. The van der Waals surface area contributed by atoms with Crippen LogP contribution in [0.3, 0.4) is 0 Å². The Balaban J connectivity index is 0. The summed E-state index contributed by atoms with van der Waals surface area (Å²) >= 11 is 0. The predicted octanol–water partition coefficient (Wildman–Crippen LogP) is -1.34. The van der Waals surface area contributed by atoms with Gasteiger partial charge >= 0.3 is 5.97 Å². The Morgan fingerprint density at radius 1 is 1.62 bits per heavy atom. The molecule has 7 N–H and O–H groups in total. The number of hydrogen-bond acceptors (Lipinski definition) is 3. The van der Waals surface area contributed by atoms with Gasteiger partial charge in [0.1, 0.15) is 6.04 Å². The fourth-order valence-electron chi connectivity index (χ4n) is 0.669. The molecule has 0 saturated heterocycles. The molecule has 0 spiro atoms. The average molecular weight is 364 g/mol. The fourth-order valence-corrected chi connectivity index (χ4v) is 0.669. The molecule has 0 amide bonds. The number of rotatable bonds is 5. The second-order valence-electron chi connectivity index (χ2n) is 2.43. The van der Waals surface area contributed by atoms with Crippen LogP contribution in [0.4, 0.5) is 0 Å². The summed E-state index contributed by atoms with van der Waals surface area (Å²) in [6.07, 6.45) is 0.975. The van der Waals surface area contributed by atoms with Crippen LogP contribution in [0.5, 0.6) is 0 Å². The third-order valence-corrected chi connectivity index (χ3v) is 1.32. The molecular weight excluding hydrogens is 350 g/mol. The van der Waals surface area contributed by atoms with Crippen molar-refractivity contribution < 1.29 is 29.7 Å². The van der Waals surface area contributed by atoms with E-state index in [0.29, 0.717) is 19.4 Å². The normalized spacial score (nSPS) is 11.2. The maximum atomic E-state index is 10.2. The van der Waals surface area contributed by atoms with Gasteiger partial charge in [-0.1, -0.05) is 0 Å². The van der Waals surface area contributed by atoms with Crippen LogP contribution in [-0.4, -0.2) is 29.6 Å². The molecule has 0 aliphatic rings. The molecule has 1 atom stereocenters. The van der Waals surface area contributed by atoms with Crippen LogP contribution < -0.4 is 16.8 Å². The van der Waals surface area contributed by atoms with Crippen LogP contribution in [0, 0.1) is 5.41 Å². The van der Waals surface area contributed by atoms with Crippen molar-refractivity contribution in [2.24, 2.45) is 11.5 Å². The molecule has 0 rings (SSSR count). The number of nitrogens with one attached hydrogen (secondary N) is 2. The molecule has 78 valence electrons. The number of carboxylic acid groups (broad SMARTS) is 1. The zero-order chi connectivity index (χ0) is 9.56. The minimum Gasteiger partial charge on any atom is -0.480 e. The van der Waals surface area contributed by atoms with E-state index >= 15 is 0 Å². The summed E-state index contributed by atoms with van der Waals surface area (Å²) in [6.45, 7) is 0.482. The molecule has 6 nitrogen and oxygen atoms in total. The van der Waals surface area contributed by atoms with Crippen molar-refractivity contribution >= 4 is 11.9 Å². The summed E-state index contributed by atoms with van der Waals surface area (Å²) in [6, 6.07) is -0.821. The Kier molecular flexibility index (Phi) is 9.08. The van der Waals surface area contributed by atoms with Crippen molar-refractivity contribution in [2.45, 2.75) is 18.9 Å². The van der Waals surface area contributed by atoms with Gasteiger partial charge < -0.3 is 21.9 Å². The molecule has 0 aromatic heterocycles. The summed E-state index contributed by atoms with van der Waals surface area (Å²) < 4.78 is 0. The Bertz CT molecular complexity index is 176. The van der Waals surface area contributed by atoms with E-state index in [4.69, 9.17) is 22.0 Å². The number of hydrogen-bond donors (Lipinski definition) is 5. The Morgan fingerprint density at radius 3 is 2.54 bits per heavy atom. The Hall–Kier alpha value is -0.664. The maximum absolute atomic E-state index is 10.2. The third kappa shape index (κ3) is 9.25. The van der Waals surface area contributed by atoms with Gasteiger partial charge in [0, 0.05) is 26.3 Å². The van der Waals surface area contributed by atoms with Crippen molar-refractivity contribution in [1.29, 1.82) is 5.41 Å². The summed E-state index contributed by atoms with van der Waals surface area (Å²) in [5, 5.41) is 17.7. The minimum absolute atomic E-state index is 0. The van der Waals surface area contributed by atoms with E-state index in [2.05, 4.69) is 5.32 Å². The second-order valence-corrected chi connectivity index (χ2v) is 2.43. The standard InChI is InChI=1S/C6H14N4O2.Os/c7-4(5(11)12)2-1-3-10-6(8)9;/h4H,1-3,7H2,(H,11,12)(H4,8,9,10);/t4-;/m0./s1. The van der Waals surface area contributed by atoms with Crippen LogP contribution >= 0.6 is 0 Å². The van der Waals surface area contributed by atoms with Gasteiger partial charge in [-0.2, -0.15) is 0 Å². The quantitative estimate of drug-likeness (QED) is 0.235. The molecule has 7 heteroatoms. The van der Waals surface area contributed by atoms with Gasteiger partial charge in [-0.25, -0.2) is 0 Å². The largest absolute Gasteiger partial charge is 0.480 e.